The van der Waals surface area contributed by atoms with Crippen molar-refractivity contribution in [2.75, 3.05) is 26.2 Å². The fraction of sp³-hybridized carbons (Fsp3) is 0.692. The lowest BCUT2D eigenvalue weighted by molar-refractivity contribution is -0.0301. The van der Waals surface area contributed by atoms with Gasteiger partial charge in [-0.1, -0.05) is 0 Å². The predicted molar refractivity (Wildman–Crippen MR) is 78.1 cm³/mol. The van der Waals surface area contributed by atoms with E-state index in [2.05, 4.69) is 38.3 Å². The fourth-order valence-electron chi connectivity index (χ4n) is 2.44. The molecule has 0 spiro atoms. The number of ether oxygens (including phenoxy) is 1. The average Bonchev–Trinajstić information content (AvgIpc) is 3.14. The number of rotatable bonds is 5. The molecule has 0 bridgehead atoms. The highest BCUT2D eigenvalue weighted by Crippen LogP contribution is 2.28. The molecule has 1 saturated heterocycles. The van der Waals surface area contributed by atoms with Gasteiger partial charge in [0.25, 0.3) is 0 Å². The van der Waals surface area contributed by atoms with Gasteiger partial charge in [-0.2, -0.15) is 0 Å². The summed E-state index contributed by atoms with van der Waals surface area (Å²) in [6, 6.07) is 5.14. The summed E-state index contributed by atoms with van der Waals surface area (Å²) in [5.41, 5.74) is 0. The monoisotopic (exact) mass is 330 g/mol. The summed E-state index contributed by atoms with van der Waals surface area (Å²) in [6.45, 7) is 5.02. The van der Waals surface area contributed by atoms with E-state index in [-0.39, 0.29) is 0 Å². The maximum Gasteiger partial charge on any atom is 0.0826 e. The Kier molecular flexibility index (Phi) is 4.36. The molecule has 2 heterocycles. The summed E-state index contributed by atoms with van der Waals surface area (Å²) in [7, 11) is 0. The quantitative estimate of drug-likeness (QED) is 0.897. The molecular weight excluding hydrogens is 312 g/mol. The molecule has 0 aromatic carbocycles. The van der Waals surface area contributed by atoms with Gasteiger partial charge in [0.1, 0.15) is 0 Å². The number of nitrogens with one attached hydrogen (secondary N) is 1. The van der Waals surface area contributed by atoms with Crippen LogP contribution in [0.3, 0.4) is 0 Å². The number of hydrogen-bond acceptors (Lipinski definition) is 4. The van der Waals surface area contributed by atoms with E-state index >= 15 is 0 Å². The SMILES string of the molecule is Brc1ccc(CNC[C@H]2CN(C3CC3)CCO2)s1. The first kappa shape index (κ1) is 13.1. The number of halogens is 1. The fourth-order valence-corrected chi connectivity index (χ4v) is 3.89. The van der Waals surface area contributed by atoms with Gasteiger partial charge in [0.15, 0.2) is 0 Å². The van der Waals surface area contributed by atoms with E-state index in [9.17, 15) is 0 Å². The highest BCUT2D eigenvalue weighted by atomic mass is 79.9. The lowest BCUT2D eigenvalue weighted by atomic mass is 10.2. The summed E-state index contributed by atoms with van der Waals surface area (Å²) in [5, 5.41) is 3.50. The van der Waals surface area contributed by atoms with Crippen LogP contribution in [0.2, 0.25) is 0 Å². The zero-order valence-electron chi connectivity index (χ0n) is 10.4. The molecule has 0 amide bonds. The summed E-state index contributed by atoms with van der Waals surface area (Å²) in [6.07, 6.45) is 3.15. The van der Waals surface area contributed by atoms with E-state index in [1.165, 1.54) is 21.5 Å². The molecular formula is C13H19BrN2OS. The minimum absolute atomic E-state index is 0.364. The van der Waals surface area contributed by atoms with Crippen LogP contribution < -0.4 is 5.32 Å². The van der Waals surface area contributed by atoms with Crippen LogP contribution in [0.5, 0.6) is 0 Å². The van der Waals surface area contributed by atoms with E-state index in [0.717, 1.165) is 38.8 Å². The third-order valence-electron chi connectivity index (χ3n) is 3.53. The summed E-state index contributed by atoms with van der Waals surface area (Å²) >= 11 is 5.28. The predicted octanol–water partition coefficient (Wildman–Crippen LogP) is 2.46. The topological polar surface area (TPSA) is 24.5 Å². The van der Waals surface area contributed by atoms with Crippen LogP contribution in [0.4, 0.5) is 0 Å². The molecule has 1 N–H and O–H groups in total. The van der Waals surface area contributed by atoms with Gasteiger partial charge in [-0.3, -0.25) is 4.90 Å². The van der Waals surface area contributed by atoms with Gasteiger partial charge in [-0.05, 0) is 40.9 Å². The van der Waals surface area contributed by atoms with Gasteiger partial charge in [0.2, 0.25) is 0 Å². The third kappa shape index (κ3) is 3.54. The normalized spacial score (nSPS) is 25.5. The van der Waals surface area contributed by atoms with Crippen molar-refractivity contribution in [2.24, 2.45) is 0 Å². The van der Waals surface area contributed by atoms with E-state index in [4.69, 9.17) is 4.74 Å². The molecule has 0 unspecified atom stereocenters. The largest absolute Gasteiger partial charge is 0.374 e. The first-order valence-corrected chi connectivity index (χ1v) is 8.23. The van der Waals surface area contributed by atoms with Crippen LogP contribution in [-0.2, 0) is 11.3 Å². The van der Waals surface area contributed by atoms with Crippen LogP contribution >= 0.6 is 27.3 Å². The molecule has 1 atom stereocenters. The van der Waals surface area contributed by atoms with Crippen LogP contribution in [0.25, 0.3) is 0 Å². The zero-order chi connectivity index (χ0) is 12.4. The zero-order valence-corrected chi connectivity index (χ0v) is 12.8. The van der Waals surface area contributed by atoms with Crippen LogP contribution in [0, 0.1) is 0 Å². The Morgan fingerprint density at radius 1 is 1.44 bits per heavy atom. The van der Waals surface area contributed by atoms with E-state index in [1.807, 2.05) is 0 Å². The molecule has 2 aliphatic rings. The first-order chi connectivity index (χ1) is 8.81. The molecule has 1 saturated carbocycles. The van der Waals surface area contributed by atoms with Gasteiger partial charge in [0.05, 0.1) is 16.5 Å². The Bertz CT molecular complexity index is 394. The molecule has 1 aromatic heterocycles. The van der Waals surface area contributed by atoms with Gasteiger partial charge in [0, 0.05) is 37.1 Å². The molecule has 3 rings (SSSR count). The van der Waals surface area contributed by atoms with Crippen molar-refractivity contribution in [2.45, 2.75) is 31.5 Å². The number of thiophene rings is 1. The number of morpholine rings is 1. The Morgan fingerprint density at radius 3 is 3.06 bits per heavy atom. The lowest BCUT2D eigenvalue weighted by Gasteiger charge is -2.33. The molecule has 2 fully saturated rings. The standard InChI is InChI=1S/C13H19BrN2OS/c14-13-4-3-12(18-13)8-15-7-11-9-16(5-6-17-11)10-1-2-10/h3-4,10-11,15H,1-2,5-9H2/t11-/m0/s1. The Labute approximate surface area is 121 Å². The molecule has 1 aliphatic heterocycles. The molecule has 5 heteroatoms. The van der Waals surface area contributed by atoms with Gasteiger partial charge < -0.3 is 10.1 Å². The number of hydrogen-bond donors (Lipinski definition) is 1. The van der Waals surface area contributed by atoms with Crippen LogP contribution in [0.1, 0.15) is 17.7 Å². The van der Waals surface area contributed by atoms with Crippen LogP contribution in [0.15, 0.2) is 15.9 Å². The minimum Gasteiger partial charge on any atom is -0.374 e. The van der Waals surface area contributed by atoms with E-state index in [1.54, 1.807) is 11.3 Å². The minimum atomic E-state index is 0.364. The van der Waals surface area contributed by atoms with E-state index in [0.29, 0.717) is 6.10 Å². The van der Waals surface area contributed by atoms with E-state index < -0.39 is 0 Å². The molecule has 0 radical (unpaired) electrons. The van der Waals surface area contributed by atoms with Crippen molar-refractivity contribution in [3.05, 3.63) is 20.8 Å². The second-order valence-corrected chi connectivity index (χ2v) is 7.60. The smallest absolute Gasteiger partial charge is 0.0826 e. The average molecular weight is 331 g/mol. The summed E-state index contributed by atoms with van der Waals surface area (Å²) in [5.74, 6) is 0. The van der Waals surface area contributed by atoms with Gasteiger partial charge >= 0.3 is 0 Å². The van der Waals surface area contributed by atoms with Crippen molar-refractivity contribution in [1.82, 2.24) is 10.2 Å². The van der Waals surface area contributed by atoms with Crippen molar-refractivity contribution >= 4 is 27.3 Å². The van der Waals surface area contributed by atoms with Gasteiger partial charge in [-0.25, -0.2) is 0 Å². The van der Waals surface area contributed by atoms with Gasteiger partial charge in [-0.15, -0.1) is 11.3 Å². The van der Waals surface area contributed by atoms with Crippen molar-refractivity contribution in [1.29, 1.82) is 0 Å². The lowest BCUT2D eigenvalue weighted by Crippen LogP contribution is -2.47. The Morgan fingerprint density at radius 2 is 2.33 bits per heavy atom. The highest BCUT2D eigenvalue weighted by Gasteiger charge is 2.32. The number of nitrogens with zero attached hydrogens (tertiary/aromatic N) is 1. The molecule has 100 valence electrons. The maximum absolute atomic E-state index is 5.82. The molecule has 1 aromatic rings. The highest BCUT2D eigenvalue weighted by molar-refractivity contribution is 9.11. The third-order valence-corrected chi connectivity index (χ3v) is 5.16. The Hall–Kier alpha value is 0.0600. The molecule has 18 heavy (non-hydrogen) atoms. The second kappa shape index (κ2) is 6.01. The molecule has 1 aliphatic carbocycles. The maximum atomic E-state index is 5.82. The summed E-state index contributed by atoms with van der Waals surface area (Å²) < 4.78 is 7.02. The van der Waals surface area contributed by atoms with Crippen molar-refractivity contribution in [3.63, 3.8) is 0 Å². The second-order valence-electron chi connectivity index (χ2n) is 5.06. The van der Waals surface area contributed by atoms with Crippen molar-refractivity contribution < 1.29 is 4.74 Å². The summed E-state index contributed by atoms with van der Waals surface area (Å²) in [4.78, 5) is 3.97. The first-order valence-electron chi connectivity index (χ1n) is 6.62. The van der Waals surface area contributed by atoms with Crippen LogP contribution in [-0.4, -0.2) is 43.3 Å². The van der Waals surface area contributed by atoms with Crippen molar-refractivity contribution in [3.8, 4) is 0 Å². The Balaban J connectivity index is 1.39. The molecule has 3 nitrogen and oxygen atoms in total.